The summed E-state index contributed by atoms with van der Waals surface area (Å²) in [5, 5.41) is 5.36. The highest BCUT2D eigenvalue weighted by Crippen LogP contribution is 2.22. The summed E-state index contributed by atoms with van der Waals surface area (Å²) in [5.41, 5.74) is 10.1. The number of para-hydroxylation sites is 1. The summed E-state index contributed by atoms with van der Waals surface area (Å²) in [4.78, 5) is 4.65. The van der Waals surface area contributed by atoms with Crippen molar-refractivity contribution in [2.75, 3.05) is 10.7 Å². The lowest BCUT2D eigenvalue weighted by molar-refractivity contribution is 1.10. The van der Waals surface area contributed by atoms with E-state index in [4.69, 9.17) is 23.8 Å². The molecule has 3 aromatic rings. The summed E-state index contributed by atoms with van der Waals surface area (Å²) in [7, 11) is 0. The Morgan fingerprint density at radius 2 is 1.79 bits per heavy atom. The molecule has 0 amide bonds. The first kappa shape index (κ1) is 16.5. The number of hydrogen-bond donors (Lipinski definition) is 3. The molecule has 1 heterocycles. The number of hydrogen-bond acceptors (Lipinski definition) is 3. The number of thiocarbonyl (C=S) groups is 1. The van der Waals surface area contributed by atoms with Crippen molar-refractivity contribution in [1.82, 2.24) is 10.4 Å². The van der Waals surface area contributed by atoms with Gasteiger partial charge in [0, 0.05) is 16.1 Å². The molecule has 6 heteroatoms. The van der Waals surface area contributed by atoms with Gasteiger partial charge in [-0.1, -0.05) is 29.8 Å². The van der Waals surface area contributed by atoms with Crippen molar-refractivity contribution in [2.45, 2.75) is 13.8 Å². The van der Waals surface area contributed by atoms with Crippen molar-refractivity contribution in [3.8, 4) is 0 Å². The number of anilines is 2. The zero-order chi connectivity index (χ0) is 17.1. The van der Waals surface area contributed by atoms with Gasteiger partial charge in [0.2, 0.25) is 0 Å². The maximum atomic E-state index is 5.87. The third-order valence-electron chi connectivity index (χ3n) is 3.65. The third-order valence-corrected chi connectivity index (χ3v) is 4.11. The Morgan fingerprint density at radius 1 is 1.04 bits per heavy atom. The van der Waals surface area contributed by atoms with Crippen LogP contribution >= 0.6 is 23.8 Å². The Labute approximate surface area is 151 Å². The van der Waals surface area contributed by atoms with Gasteiger partial charge >= 0.3 is 0 Å². The van der Waals surface area contributed by atoms with Crippen LogP contribution in [0.1, 0.15) is 11.1 Å². The standard InChI is InChI=1S/C18H17ClN4S/c1-11-4-3-5-15-12(2)10-16(21-17(11)15)22-23-18(24)20-14-8-6-13(19)7-9-14/h3-10H,1-2H3,(H,21,22)(H2,20,23,24). The minimum atomic E-state index is 0.446. The van der Waals surface area contributed by atoms with Crippen molar-refractivity contribution in [2.24, 2.45) is 0 Å². The Kier molecular flexibility index (Phi) is 4.83. The highest BCUT2D eigenvalue weighted by molar-refractivity contribution is 7.80. The number of nitrogens with one attached hydrogen (secondary N) is 3. The molecule has 2 aromatic carbocycles. The van der Waals surface area contributed by atoms with Crippen LogP contribution in [0.5, 0.6) is 0 Å². The van der Waals surface area contributed by atoms with E-state index >= 15 is 0 Å². The largest absolute Gasteiger partial charge is 0.331 e. The topological polar surface area (TPSA) is 49.0 Å². The molecule has 0 aliphatic heterocycles. The van der Waals surface area contributed by atoms with Gasteiger partial charge in [-0.15, -0.1) is 0 Å². The van der Waals surface area contributed by atoms with E-state index in [-0.39, 0.29) is 0 Å². The second kappa shape index (κ2) is 7.03. The predicted molar refractivity (Wildman–Crippen MR) is 106 cm³/mol. The molecular formula is C18H17ClN4S. The number of nitrogens with zero attached hydrogens (tertiary/aromatic N) is 1. The van der Waals surface area contributed by atoms with E-state index in [0.717, 1.165) is 33.5 Å². The van der Waals surface area contributed by atoms with E-state index in [9.17, 15) is 0 Å². The molecule has 24 heavy (non-hydrogen) atoms. The summed E-state index contributed by atoms with van der Waals surface area (Å²) in [6, 6.07) is 15.5. The van der Waals surface area contributed by atoms with Crippen LogP contribution in [-0.4, -0.2) is 10.1 Å². The van der Waals surface area contributed by atoms with Crippen LogP contribution in [-0.2, 0) is 0 Å². The second-order valence-corrected chi connectivity index (χ2v) is 6.35. The Morgan fingerprint density at radius 3 is 2.54 bits per heavy atom. The molecule has 1 aromatic heterocycles. The van der Waals surface area contributed by atoms with Gasteiger partial charge in [-0.05, 0) is 67.5 Å². The number of benzene rings is 2. The molecule has 0 saturated heterocycles. The predicted octanol–water partition coefficient (Wildman–Crippen LogP) is 4.82. The molecule has 0 aliphatic rings. The quantitative estimate of drug-likeness (QED) is 0.464. The molecular weight excluding hydrogens is 340 g/mol. The lowest BCUT2D eigenvalue weighted by Crippen LogP contribution is -2.33. The molecule has 0 unspecified atom stereocenters. The van der Waals surface area contributed by atoms with Crippen molar-refractivity contribution in [1.29, 1.82) is 0 Å². The highest BCUT2D eigenvalue weighted by Gasteiger charge is 2.05. The zero-order valence-corrected chi connectivity index (χ0v) is 14.9. The van der Waals surface area contributed by atoms with Gasteiger partial charge in [0.1, 0.15) is 5.82 Å². The van der Waals surface area contributed by atoms with Crippen LogP contribution in [0.2, 0.25) is 5.02 Å². The fraction of sp³-hybridized carbons (Fsp3) is 0.111. The van der Waals surface area contributed by atoms with Crippen molar-refractivity contribution in [3.63, 3.8) is 0 Å². The van der Waals surface area contributed by atoms with Gasteiger partial charge in [0.25, 0.3) is 0 Å². The summed E-state index contributed by atoms with van der Waals surface area (Å²) >= 11 is 11.1. The van der Waals surface area contributed by atoms with E-state index in [2.05, 4.69) is 47.1 Å². The van der Waals surface area contributed by atoms with Crippen molar-refractivity contribution >= 4 is 51.3 Å². The summed E-state index contributed by atoms with van der Waals surface area (Å²) in [5.74, 6) is 0.717. The number of aryl methyl sites for hydroxylation is 2. The monoisotopic (exact) mass is 356 g/mol. The molecule has 0 fully saturated rings. The van der Waals surface area contributed by atoms with Crippen LogP contribution in [0, 0.1) is 13.8 Å². The van der Waals surface area contributed by atoms with Crippen molar-refractivity contribution in [3.05, 3.63) is 64.7 Å². The minimum Gasteiger partial charge on any atom is -0.331 e. The van der Waals surface area contributed by atoms with Crippen LogP contribution in [0.25, 0.3) is 10.9 Å². The SMILES string of the molecule is Cc1cc(NNC(=S)Nc2ccc(Cl)cc2)nc2c(C)cccc12. The van der Waals surface area contributed by atoms with Gasteiger partial charge in [0.15, 0.2) is 5.11 Å². The molecule has 3 N–H and O–H groups in total. The molecule has 0 spiro atoms. The van der Waals surface area contributed by atoms with Gasteiger partial charge in [-0.3, -0.25) is 10.9 Å². The van der Waals surface area contributed by atoms with Crippen LogP contribution < -0.4 is 16.2 Å². The van der Waals surface area contributed by atoms with E-state index < -0.39 is 0 Å². The smallest absolute Gasteiger partial charge is 0.189 e. The molecule has 0 radical (unpaired) electrons. The average Bonchev–Trinajstić information content (AvgIpc) is 2.56. The first-order valence-electron chi connectivity index (χ1n) is 7.48. The van der Waals surface area contributed by atoms with Gasteiger partial charge < -0.3 is 5.32 Å². The molecule has 122 valence electrons. The maximum absolute atomic E-state index is 5.87. The third kappa shape index (κ3) is 3.75. The summed E-state index contributed by atoms with van der Waals surface area (Å²) in [6.07, 6.45) is 0. The number of aromatic nitrogens is 1. The van der Waals surface area contributed by atoms with Gasteiger partial charge in [-0.25, -0.2) is 4.98 Å². The number of fused-ring (bicyclic) bond motifs is 1. The summed E-state index contributed by atoms with van der Waals surface area (Å²) < 4.78 is 0. The molecule has 0 bridgehead atoms. The minimum absolute atomic E-state index is 0.446. The number of pyridine rings is 1. The average molecular weight is 357 g/mol. The fourth-order valence-corrected chi connectivity index (χ4v) is 2.74. The first-order valence-corrected chi connectivity index (χ1v) is 8.27. The fourth-order valence-electron chi connectivity index (χ4n) is 2.44. The Bertz CT molecular complexity index is 893. The van der Waals surface area contributed by atoms with Crippen LogP contribution in [0.4, 0.5) is 11.5 Å². The maximum Gasteiger partial charge on any atom is 0.189 e. The van der Waals surface area contributed by atoms with Gasteiger partial charge in [-0.2, -0.15) is 0 Å². The zero-order valence-electron chi connectivity index (χ0n) is 13.4. The first-order chi connectivity index (χ1) is 11.5. The lowest BCUT2D eigenvalue weighted by atomic mass is 10.1. The highest BCUT2D eigenvalue weighted by atomic mass is 35.5. The Hall–Kier alpha value is -2.37. The molecule has 0 atom stereocenters. The lowest BCUT2D eigenvalue weighted by Gasteiger charge is -2.14. The Balaban J connectivity index is 1.70. The molecule has 0 saturated carbocycles. The number of halogens is 1. The van der Waals surface area contributed by atoms with E-state index in [1.54, 1.807) is 12.1 Å². The summed E-state index contributed by atoms with van der Waals surface area (Å²) in [6.45, 7) is 4.12. The van der Waals surface area contributed by atoms with Gasteiger partial charge in [0.05, 0.1) is 5.52 Å². The van der Waals surface area contributed by atoms with Crippen LogP contribution in [0.15, 0.2) is 48.5 Å². The van der Waals surface area contributed by atoms with E-state index in [1.165, 1.54) is 0 Å². The van der Waals surface area contributed by atoms with Crippen LogP contribution in [0.3, 0.4) is 0 Å². The van der Waals surface area contributed by atoms with E-state index in [0.29, 0.717) is 10.1 Å². The molecule has 3 rings (SSSR count). The van der Waals surface area contributed by atoms with Crippen molar-refractivity contribution < 1.29 is 0 Å². The normalized spacial score (nSPS) is 10.5. The second-order valence-electron chi connectivity index (χ2n) is 5.51. The molecule has 0 aliphatic carbocycles. The number of rotatable bonds is 3. The van der Waals surface area contributed by atoms with E-state index in [1.807, 2.05) is 24.3 Å². The number of hydrazine groups is 1. The molecule has 4 nitrogen and oxygen atoms in total.